The summed E-state index contributed by atoms with van der Waals surface area (Å²) >= 11 is 0. The number of alkyl halides is 3. The summed E-state index contributed by atoms with van der Waals surface area (Å²) in [5, 5.41) is 11.7. The number of hydrogen-bond donors (Lipinski definition) is 2. The summed E-state index contributed by atoms with van der Waals surface area (Å²) in [5.74, 6) is 0.00522. The Labute approximate surface area is 98.5 Å². The first-order valence-electron chi connectivity index (χ1n) is 5.37. The molecule has 0 aliphatic carbocycles. The summed E-state index contributed by atoms with van der Waals surface area (Å²) in [7, 11) is 0. The highest BCUT2D eigenvalue weighted by Gasteiger charge is 2.32. The van der Waals surface area contributed by atoms with Gasteiger partial charge < -0.3 is 10.4 Å². The molecule has 0 heterocycles. The van der Waals surface area contributed by atoms with Crippen LogP contribution in [-0.2, 0) is 6.18 Å². The molecule has 1 aromatic rings. The van der Waals surface area contributed by atoms with Crippen molar-refractivity contribution in [3.05, 3.63) is 29.3 Å². The molecule has 17 heavy (non-hydrogen) atoms. The average molecular weight is 247 g/mol. The van der Waals surface area contributed by atoms with Crippen molar-refractivity contribution in [2.75, 3.05) is 18.5 Å². The van der Waals surface area contributed by atoms with Crippen LogP contribution in [0.25, 0.3) is 0 Å². The number of hydrogen-bond acceptors (Lipinski definition) is 2. The van der Waals surface area contributed by atoms with Gasteiger partial charge in [0.15, 0.2) is 0 Å². The number of aliphatic hydroxyl groups is 1. The molecule has 0 amide bonds. The fourth-order valence-corrected chi connectivity index (χ4v) is 1.39. The maximum absolute atomic E-state index is 12.6. The molecule has 0 aliphatic rings. The highest BCUT2D eigenvalue weighted by Crippen LogP contribution is 2.33. The second-order valence-corrected chi connectivity index (χ2v) is 4.20. The van der Waals surface area contributed by atoms with Crippen LogP contribution in [0.3, 0.4) is 0 Å². The molecule has 0 spiro atoms. The molecule has 1 aromatic carbocycles. The highest BCUT2D eigenvalue weighted by molar-refractivity contribution is 5.49. The summed E-state index contributed by atoms with van der Waals surface area (Å²) in [5.41, 5.74) is 0.000586. The first kappa shape index (κ1) is 13.8. The number of rotatable bonds is 4. The second kappa shape index (κ2) is 5.40. The van der Waals surface area contributed by atoms with E-state index in [-0.39, 0.29) is 18.1 Å². The predicted octanol–water partition coefficient (Wildman–Crippen LogP) is 3.05. The molecule has 0 saturated heterocycles. The van der Waals surface area contributed by atoms with Crippen molar-refractivity contribution in [2.24, 2.45) is 5.92 Å². The van der Waals surface area contributed by atoms with Crippen LogP contribution in [0.15, 0.2) is 18.2 Å². The fourth-order valence-electron chi connectivity index (χ4n) is 1.39. The van der Waals surface area contributed by atoms with Crippen LogP contribution >= 0.6 is 0 Å². The molecule has 0 fully saturated rings. The van der Waals surface area contributed by atoms with Crippen molar-refractivity contribution in [1.29, 1.82) is 0 Å². The lowest BCUT2D eigenvalue weighted by molar-refractivity contribution is -0.138. The monoisotopic (exact) mass is 247 g/mol. The number of nitrogens with one attached hydrogen (secondary N) is 1. The Hall–Kier alpha value is -1.23. The molecular weight excluding hydrogens is 231 g/mol. The van der Waals surface area contributed by atoms with Crippen LogP contribution < -0.4 is 5.32 Å². The zero-order chi connectivity index (χ0) is 13.1. The van der Waals surface area contributed by atoms with Gasteiger partial charge >= 0.3 is 6.18 Å². The van der Waals surface area contributed by atoms with E-state index < -0.39 is 11.7 Å². The summed E-state index contributed by atoms with van der Waals surface area (Å²) < 4.78 is 37.9. The van der Waals surface area contributed by atoms with Crippen LogP contribution in [0.5, 0.6) is 0 Å². The normalized spacial score (nSPS) is 13.5. The van der Waals surface area contributed by atoms with Gasteiger partial charge in [-0.05, 0) is 30.5 Å². The van der Waals surface area contributed by atoms with E-state index in [4.69, 9.17) is 5.11 Å². The van der Waals surface area contributed by atoms with Crippen LogP contribution in [0.1, 0.15) is 18.1 Å². The van der Waals surface area contributed by atoms with Gasteiger partial charge in [-0.3, -0.25) is 0 Å². The minimum atomic E-state index is -4.33. The lowest BCUT2D eigenvalue weighted by Crippen LogP contribution is -2.15. The predicted molar refractivity (Wildman–Crippen MR) is 60.9 cm³/mol. The maximum atomic E-state index is 12.6. The molecule has 1 atom stereocenters. The van der Waals surface area contributed by atoms with Crippen molar-refractivity contribution in [3.8, 4) is 0 Å². The topological polar surface area (TPSA) is 32.3 Å². The van der Waals surface area contributed by atoms with E-state index in [0.717, 1.165) is 6.07 Å². The van der Waals surface area contributed by atoms with Gasteiger partial charge in [-0.15, -0.1) is 0 Å². The van der Waals surface area contributed by atoms with E-state index in [2.05, 4.69) is 5.32 Å². The molecule has 1 unspecified atom stereocenters. The Morgan fingerprint density at radius 2 is 2.00 bits per heavy atom. The van der Waals surface area contributed by atoms with Crippen LogP contribution in [0, 0.1) is 12.8 Å². The van der Waals surface area contributed by atoms with Crippen molar-refractivity contribution >= 4 is 5.69 Å². The van der Waals surface area contributed by atoms with Gasteiger partial charge in [-0.2, -0.15) is 13.2 Å². The van der Waals surface area contributed by atoms with E-state index in [0.29, 0.717) is 12.2 Å². The van der Waals surface area contributed by atoms with Crippen LogP contribution in [-0.4, -0.2) is 18.3 Å². The Balaban J connectivity index is 2.82. The average Bonchev–Trinajstić information content (AvgIpc) is 2.26. The minimum absolute atomic E-state index is 0.00495. The molecule has 0 aromatic heterocycles. The molecule has 0 aliphatic heterocycles. The van der Waals surface area contributed by atoms with E-state index in [1.807, 2.05) is 6.92 Å². The Kier molecular flexibility index (Phi) is 4.40. The molecular formula is C12H16F3NO. The van der Waals surface area contributed by atoms with E-state index in [9.17, 15) is 13.2 Å². The first-order valence-corrected chi connectivity index (χ1v) is 5.37. The third-order valence-electron chi connectivity index (χ3n) is 2.51. The summed E-state index contributed by atoms with van der Waals surface area (Å²) in [6.07, 6.45) is -4.33. The Morgan fingerprint density at radius 1 is 1.35 bits per heavy atom. The van der Waals surface area contributed by atoms with Gasteiger partial charge in [0, 0.05) is 18.8 Å². The first-order chi connectivity index (χ1) is 7.84. The smallest absolute Gasteiger partial charge is 0.396 e. The van der Waals surface area contributed by atoms with E-state index in [1.165, 1.54) is 13.0 Å². The number of benzene rings is 1. The van der Waals surface area contributed by atoms with Crippen molar-refractivity contribution in [2.45, 2.75) is 20.0 Å². The molecule has 0 saturated carbocycles. The van der Waals surface area contributed by atoms with Gasteiger partial charge in [0.25, 0.3) is 0 Å². The standard InChI is InChI=1S/C12H16F3NO/c1-8(7-17)6-16-10-4-3-9(2)11(5-10)12(13,14)15/h3-5,8,16-17H,6-7H2,1-2H3. The van der Waals surface area contributed by atoms with Gasteiger partial charge in [-0.1, -0.05) is 13.0 Å². The third-order valence-corrected chi connectivity index (χ3v) is 2.51. The molecule has 2 nitrogen and oxygen atoms in total. The minimum Gasteiger partial charge on any atom is -0.396 e. The molecule has 0 bridgehead atoms. The van der Waals surface area contributed by atoms with E-state index >= 15 is 0 Å². The largest absolute Gasteiger partial charge is 0.416 e. The van der Waals surface area contributed by atoms with Crippen molar-refractivity contribution in [1.82, 2.24) is 0 Å². The van der Waals surface area contributed by atoms with Crippen molar-refractivity contribution in [3.63, 3.8) is 0 Å². The zero-order valence-corrected chi connectivity index (χ0v) is 9.80. The van der Waals surface area contributed by atoms with Gasteiger partial charge in [0.2, 0.25) is 0 Å². The van der Waals surface area contributed by atoms with Gasteiger partial charge in [-0.25, -0.2) is 0 Å². The summed E-state index contributed by atoms with van der Waals surface area (Å²) in [6.45, 7) is 3.69. The lowest BCUT2D eigenvalue weighted by atomic mass is 10.1. The van der Waals surface area contributed by atoms with Gasteiger partial charge in [0.05, 0.1) is 5.56 Å². The lowest BCUT2D eigenvalue weighted by Gasteiger charge is -2.15. The van der Waals surface area contributed by atoms with Crippen molar-refractivity contribution < 1.29 is 18.3 Å². The molecule has 1 rings (SSSR count). The number of aryl methyl sites for hydroxylation is 1. The number of halogens is 3. The molecule has 5 heteroatoms. The summed E-state index contributed by atoms with van der Waals surface area (Å²) in [4.78, 5) is 0. The van der Waals surface area contributed by atoms with E-state index in [1.54, 1.807) is 6.07 Å². The van der Waals surface area contributed by atoms with Crippen LogP contribution in [0.2, 0.25) is 0 Å². The summed E-state index contributed by atoms with van der Waals surface area (Å²) in [6, 6.07) is 4.14. The molecule has 96 valence electrons. The maximum Gasteiger partial charge on any atom is 0.416 e. The zero-order valence-electron chi connectivity index (χ0n) is 9.80. The molecule has 0 radical (unpaired) electrons. The SMILES string of the molecule is Cc1ccc(NCC(C)CO)cc1C(F)(F)F. The number of anilines is 1. The van der Waals surface area contributed by atoms with Gasteiger partial charge in [0.1, 0.15) is 0 Å². The highest BCUT2D eigenvalue weighted by atomic mass is 19.4. The van der Waals surface area contributed by atoms with Crippen LogP contribution in [0.4, 0.5) is 18.9 Å². The molecule has 2 N–H and O–H groups in total. The Morgan fingerprint density at radius 3 is 2.53 bits per heavy atom. The second-order valence-electron chi connectivity index (χ2n) is 4.20. The fraction of sp³-hybridized carbons (Fsp3) is 0.500. The third kappa shape index (κ3) is 3.93. The quantitative estimate of drug-likeness (QED) is 0.857. The Bertz CT molecular complexity index is 377. The number of aliphatic hydroxyl groups excluding tert-OH is 1.